The lowest BCUT2D eigenvalue weighted by molar-refractivity contribution is 0.102. The SMILES string of the molecule is Cc1ccc(C(=O)Nc2nnc(-c3cccc(Br)c3)o2)cc1. The van der Waals surface area contributed by atoms with Crippen molar-refractivity contribution in [1.82, 2.24) is 10.2 Å². The lowest BCUT2D eigenvalue weighted by Crippen LogP contribution is -2.11. The number of carbonyl (C=O) groups is 1. The zero-order chi connectivity index (χ0) is 15.5. The molecule has 0 aliphatic rings. The molecular formula is C16H12BrN3O2. The zero-order valence-electron chi connectivity index (χ0n) is 11.7. The van der Waals surface area contributed by atoms with E-state index in [0.717, 1.165) is 15.6 Å². The predicted octanol–water partition coefficient (Wildman–Crippen LogP) is 4.06. The average Bonchev–Trinajstić information content (AvgIpc) is 2.96. The van der Waals surface area contributed by atoms with Crippen LogP contribution in [-0.4, -0.2) is 16.1 Å². The first-order valence-electron chi connectivity index (χ1n) is 6.59. The van der Waals surface area contributed by atoms with Crippen molar-refractivity contribution in [2.24, 2.45) is 0 Å². The van der Waals surface area contributed by atoms with Gasteiger partial charge in [-0.15, -0.1) is 5.10 Å². The van der Waals surface area contributed by atoms with Gasteiger partial charge in [0.2, 0.25) is 5.89 Å². The summed E-state index contributed by atoms with van der Waals surface area (Å²) in [6.45, 7) is 1.96. The highest BCUT2D eigenvalue weighted by atomic mass is 79.9. The standard InChI is InChI=1S/C16H12BrN3O2/c1-10-5-7-11(8-6-10)14(21)18-16-20-19-15(22-16)12-3-2-4-13(17)9-12/h2-9H,1H3,(H,18,20,21). The smallest absolute Gasteiger partial charge is 0.322 e. The number of nitrogens with one attached hydrogen (secondary N) is 1. The third kappa shape index (κ3) is 3.23. The number of rotatable bonds is 3. The summed E-state index contributed by atoms with van der Waals surface area (Å²) in [7, 11) is 0. The summed E-state index contributed by atoms with van der Waals surface area (Å²) in [5, 5.41) is 10.4. The topological polar surface area (TPSA) is 68.0 Å². The summed E-state index contributed by atoms with van der Waals surface area (Å²) in [5.74, 6) is 0.0601. The molecule has 22 heavy (non-hydrogen) atoms. The van der Waals surface area contributed by atoms with Gasteiger partial charge in [0.15, 0.2) is 0 Å². The third-order valence-corrected chi connectivity index (χ3v) is 3.52. The zero-order valence-corrected chi connectivity index (χ0v) is 13.3. The van der Waals surface area contributed by atoms with Gasteiger partial charge in [0.05, 0.1) is 0 Å². The first-order chi connectivity index (χ1) is 10.6. The molecule has 0 saturated carbocycles. The van der Waals surface area contributed by atoms with Crippen LogP contribution in [0.15, 0.2) is 57.4 Å². The molecule has 0 aliphatic heterocycles. The fourth-order valence-corrected chi connectivity index (χ4v) is 2.29. The molecule has 2 aromatic carbocycles. The minimum Gasteiger partial charge on any atom is -0.403 e. The number of halogens is 1. The van der Waals surface area contributed by atoms with E-state index in [1.54, 1.807) is 12.1 Å². The van der Waals surface area contributed by atoms with Crippen molar-refractivity contribution in [2.75, 3.05) is 5.32 Å². The van der Waals surface area contributed by atoms with E-state index in [-0.39, 0.29) is 11.9 Å². The molecule has 0 aliphatic carbocycles. The quantitative estimate of drug-likeness (QED) is 0.767. The van der Waals surface area contributed by atoms with Crippen LogP contribution >= 0.6 is 15.9 Å². The lowest BCUT2D eigenvalue weighted by Gasteiger charge is -2.00. The van der Waals surface area contributed by atoms with E-state index in [1.165, 1.54) is 0 Å². The van der Waals surface area contributed by atoms with Crippen molar-refractivity contribution >= 4 is 27.9 Å². The summed E-state index contributed by atoms with van der Waals surface area (Å²) in [4.78, 5) is 12.1. The summed E-state index contributed by atoms with van der Waals surface area (Å²) >= 11 is 3.38. The largest absolute Gasteiger partial charge is 0.403 e. The molecule has 0 unspecified atom stereocenters. The van der Waals surface area contributed by atoms with Crippen LogP contribution in [0.1, 0.15) is 15.9 Å². The summed E-state index contributed by atoms with van der Waals surface area (Å²) in [5.41, 5.74) is 2.40. The molecule has 0 fully saturated rings. The molecule has 0 spiro atoms. The highest BCUT2D eigenvalue weighted by Gasteiger charge is 2.12. The monoisotopic (exact) mass is 357 g/mol. The number of carbonyl (C=O) groups excluding carboxylic acids is 1. The highest BCUT2D eigenvalue weighted by Crippen LogP contribution is 2.23. The van der Waals surface area contributed by atoms with Crippen LogP contribution in [0.3, 0.4) is 0 Å². The van der Waals surface area contributed by atoms with Gasteiger partial charge in [-0.1, -0.05) is 44.8 Å². The first-order valence-corrected chi connectivity index (χ1v) is 7.38. The van der Waals surface area contributed by atoms with Crippen molar-refractivity contribution in [1.29, 1.82) is 0 Å². The van der Waals surface area contributed by atoms with Gasteiger partial charge in [0.25, 0.3) is 5.91 Å². The molecule has 0 radical (unpaired) electrons. The second kappa shape index (κ2) is 6.11. The van der Waals surface area contributed by atoms with Gasteiger partial charge < -0.3 is 4.42 Å². The maximum Gasteiger partial charge on any atom is 0.322 e. The normalized spacial score (nSPS) is 10.5. The van der Waals surface area contributed by atoms with Gasteiger partial charge >= 0.3 is 6.01 Å². The molecular weight excluding hydrogens is 346 g/mol. The van der Waals surface area contributed by atoms with E-state index in [9.17, 15) is 4.79 Å². The molecule has 1 N–H and O–H groups in total. The number of amides is 1. The van der Waals surface area contributed by atoms with E-state index in [0.29, 0.717) is 11.5 Å². The predicted molar refractivity (Wildman–Crippen MR) is 86.6 cm³/mol. The molecule has 1 heterocycles. The Bertz CT molecular complexity index is 812. The molecule has 6 heteroatoms. The van der Waals surface area contributed by atoms with Crippen molar-refractivity contribution in [2.45, 2.75) is 6.92 Å². The second-order valence-electron chi connectivity index (χ2n) is 4.74. The number of hydrogen-bond acceptors (Lipinski definition) is 4. The van der Waals surface area contributed by atoms with Gasteiger partial charge in [-0.2, -0.15) is 0 Å². The van der Waals surface area contributed by atoms with Crippen molar-refractivity contribution in [3.63, 3.8) is 0 Å². The van der Waals surface area contributed by atoms with Gasteiger partial charge in [-0.25, -0.2) is 0 Å². The number of aromatic nitrogens is 2. The molecule has 3 rings (SSSR count). The number of benzene rings is 2. The third-order valence-electron chi connectivity index (χ3n) is 3.03. The van der Waals surface area contributed by atoms with E-state index in [4.69, 9.17) is 4.42 Å². The van der Waals surface area contributed by atoms with Crippen molar-refractivity contribution in [3.05, 3.63) is 64.1 Å². The Morgan fingerprint density at radius 3 is 2.64 bits per heavy atom. The fourth-order valence-electron chi connectivity index (χ4n) is 1.89. The Hall–Kier alpha value is -2.47. The van der Waals surface area contributed by atoms with E-state index < -0.39 is 0 Å². The average molecular weight is 358 g/mol. The van der Waals surface area contributed by atoms with Crippen molar-refractivity contribution < 1.29 is 9.21 Å². The number of hydrogen-bond donors (Lipinski definition) is 1. The Morgan fingerprint density at radius 1 is 1.14 bits per heavy atom. The fraction of sp³-hybridized carbons (Fsp3) is 0.0625. The highest BCUT2D eigenvalue weighted by molar-refractivity contribution is 9.10. The maximum atomic E-state index is 12.1. The number of aryl methyl sites for hydroxylation is 1. The van der Waals surface area contributed by atoms with Crippen LogP contribution in [0.2, 0.25) is 0 Å². The molecule has 0 saturated heterocycles. The summed E-state index contributed by atoms with van der Waals surface area (Å²) < 4.78 is 6.38. The Kier molecular flexibility index (Phi) is 4.02. The van der Waals surface area contributed by atoms with E-state index in [2.05, 4.69) is 31.4 Å². The minimum atomic E-state index is -0.288. The Balaban J connectivity index is 1.77. The van der Waals surface area contributed by atoms with Crippen LogP contribution in [0.4, 0.5) is 6.01 Å². The van der Waals surface area contributed by atoms with Crippen LogP contribution in [-0.2, 0) is 0 Å². The van der Waals surface area contributed by atoms with Gasteiger partial charge in [-0.05, 0) is 37.3 Å². The summed E-state index contributed by atoms with van der Waals surface area (Å²) in [6, 6.07) is 14.8. The van der Waals surface area contributed by atoms with E-state index >= 15 is 0 Å². The van der Waals surface area contributed by atoms with Crippen LogP contribution in [0.25, 0.3) is 11.5 Å². The number of anilines is 1. The molecule has 5 nitrogen and oxygen atoms in total. The van der Waals surface area contributed by atoms with Gasteiger partial charge in [-0.3, -0.25) is 10.1 Å². The van der Waals surface area contributed by atoms with Gasteiger partial charge in [0, 0.05) is 15.6 Å². The maximum absolute atomic E-state index is 12.1. The molecule has 1 aromatic heterocycles. The molecule has 3 aromatic rings. The van der Waals surface area contributed by atoms with E-state index in [1.807, 2.05) is 43.3 Å². The molecule has 0 atom stereocenters. The minimum absolute atomic E-state index is 0.0700. The second-order valence-corrected chi connectivity index (χ2v) is 5.66. The van der Waals surface area contributed by atoms with Crippen LogP contribution in [0.5, 0.6) is 0 Å². The van der Waals surface area contributed by atoms with Gasteiger partial charge in [0.1, 0.15) is 0 Å². The Labute approximate surface area is 135 Å². The molecule has 0 bridgehead atoms. The van der Waals surface area contributed by atoms with Crippen molar-refractivity contribution in [3.8, 4) is 11.5 Å². The molecule has 1 amide bonds. The Morgan fingerprint density at radius 2 is 1.91 bits per heavy atom. The lowest BCUT2D eigenvalue weighted by atomic mass is 10.1. The summed E-state index contributed by atoms with van der Waals surface area (Å²) in [6.07, 6.45) is 0. The van der Waals surface area contributed by atoms with Crippen LogP contribution in [0, 0.1) is 6.92 Å². The van der Waals surface area contributed by atoms with Crippen LogP contribution < -0.4 is 5.32 Å². The number of nitrogens with zero attached hydrogens (tertiary/aromatic N) is 2. The first kappa shape index (κ1) is 14.5. The molecule has 110 valence electrons.